The maximum atomic E-state index is 13.2. The molecule has 18 heavy (non-hydrogen) atoms. The van der Waals surface area contributed by atoms with E-state index in [2.05, 4.69) is 31.9 Å². The molecular weight excluding hydrogens is 363 g/mol. The van der Waals surface area contributed by atoms with Crippen LogP contribution in [-0.2, 0) is 6.42 Å². The van der Waals surface area contributed by atoms with E-state index >= 15 is 0 Å². The van der Waals surface area contributed by atoms with Crippen LogP contribution in [0.25, 0.3) is 0 Å². The average molecular weight is 372 g/mol. The van der Waals surface area contributed by atoms with Crippen molar-refractivity contribution in [2.75, 3.05) is 0 Å². The molecule has 0 atom stereocenters. The van der Waals surface area contributed by atoms with E-state index in [4.69, 9.17) is 0 Å². The molecule has 2 aromatic rings. The molecule has 4 heteroatoms. The molecule has 0 aromatic heterocycles. The summed E-state index contributed by atoms with van der Waals surface area (Å²) in [6, 6.07) is 11.7. The molecular formula is C14H9Br2FO. The number of rotatable bonds is 3. The van der Waals surface area contributed by atoms with Crippen LogP contribution in [0.2, 0.25) is 0 Å². The summed E-state index contributed by atoms with van der Waals surface area (Å²) in [6.07, 6.45) is 0.259. The molecule has 0 aliphatic heterocycles. The predicted octanol–water partition coefficient (Wildman–Crippen LogP) is 4.78. The summed E-state index contributed by atoms with van der Waals surface area (Å²) in [5.74, 6) is -0.518. The Morgan fingerprint density at radius 3 is 2.50 bits per heavy atom. The van der Waals surface area contributed by atoms with E-state index in [-0.39, 0.29) is 12.2 Å². The van der Waals surface area contributed by atoms with E-state index < -0.39 is 5.82 Å². The summed E-state index contributed by atoms with van der Waals surface area (Å²) in [6.45, 7) is 0. The number of hydrogen-bond donors (Lipinski definition) is 0. The Hall–Kier alpha value is -1.00. The molecule has 92 valence electrons. The first kappa shape index (κ1) is 13.4. The zero-order valence-electron chi connectivity index (χ0n) is 9.29. The van der Waals surface area contributed by atoms with Crippen molar-refractivity contribution in [3.63, 3.8) is 0 Å². The van der Waals surface area contributed by atoms with Crippen molar-refractivity contribution in [2.24, 2.45) is 0 Å². The van der Waals surface area contributed by atoms with Crippen LogP contribution in [0.15, 0.2) is 51.4 Å². The minimum absolute atomic E-state index is 0.103. The Labute approximate surface area is 121 Å². The zero-order valence-corrected chi connectivity index (χ0v) is 12.5. The fourth-order valence-electron chi connectivity index (χ4n) is 1.65. The minimum atomic E-state index is -0.415. The molecule has 0 amide bonds. The summed E-state index contributed by atoms with van der Waals surface area (Å²) in [4.78, 5) is 12.0. The summed E-state index contributed by atoms with van der Waals surface area (Å²) in [5.41, 5.74) is 1.27. The van der Waals surface area contributed by atoms with Crippen LogP contribution in [-0.4, -0.2) is 5.78 Å². The topological polar surface area (TPSA) is 17.1 Å². The number of carbonyl (C=O) groups excluding carboxylic acids is 1. The molecule has 0 unspecified atom stereocenters. The molecule has 0 heterocycles. The van der Waals surface area contributed by atoms with E-state index in [1.165, 1.54) is 12.1 Å². The molecule has 0 aliphatic carbocycles. The van der Waals surface area contributed by atoms with Crippen molar-refractivity contribution in [3.8, 4) is 0 Å². The predicted molar refractivity (Wildman–Crippen MR) is 76.3 cm³/mol. The first-order valence-electron chi connectivity index (χ1n) is 5.28. The number of hydrogen-bond acceptors (Lipinski definition) is 1. The van der Waals surface area contributed by atoms with Crippen molar-refractivity contribution < 1.29 is 9.18 Å². The van der Waals surface area contributed by atoms with Gasteiger partial charge in [0.2, 0.25) is 0 Å². The third-order valence-electron chi connectivity index (χ3n) is 2.44. The quantitative estimate of drug-likeness (QED) is 0.710. The van der Waals surface area contributed by atoms with E-state index in [1.807, 2.05) is 24.3 Å². The van der Waals surface area contributed by atoms with Crippen molar-refractivity contribution >= 4 is 37.6 Å². The van der Waals surface area contributed by atoms with Crippen LogP contribution in [0.3, 0.4) is 0 Å². The van der Waals surface area contributed by atoms with Gasteiger partial charge in [-0.2, -0.15) is 0 Å². The first-order valence-corrected chi connectivity index (χ1v) is 6.87. The number of Topliss-reactive ketones (excluding diaryl/α,β-unsaturated/α-hetero) is 1. The van der Waals surface area contributed by atoms with Gasteiger partial charge in [0.1, 0.15) is 5.82 Å². The van der Waals surface area contributed by atoms with Gasteiger partial charge < -0.3 is 0 Å². The Morgan fingerprint density at radius 2 is 1.83 bits per heavy atom. The highest BCUT2D eigenvalue weighted by atomic mass is 79.9. The number of halogens is 3. The lowest BCUT2D eigenvalue weighted by molar-refractivity contribution is 0.0992. The van der Waals surface area contributed by atoms with Gasteiger partial charge in [0.15, 0.2) is 5.78 Å². The maximum Gasteiger partial charge on any atom is 0.167 e. The minimum Gasteiger partial charge on any atom is -0.294 e. The lowest BCUT2D eigenvalue weighted by Gasteiger charge is -2.03. The Morgan fingerprint density at radius 1 is 1.06 bits per heavy atom. The highest BCUT2D eigenvalue weighted by Crippen LogP contribution is 2.18. The van der Waals surface area contributed by atoms with Gasteiger partial charge >= 0.3 is 0 Å². The Bertz CT molecular complexity index is 576. The Kier molecular flexibility index (Phi) is 4.30. The van der Waals surface area contributed by atoms with E-state index in [0.717, 1.165) is 10.0 Å². The maximum absolute atomic E-state index is 13.2. The lowest BCUT2D eigenvalue weighted by atomic mass is 10.0. The van der Waals surface area contributed by atoms with Gasteiger partial charge in [0, 0.05) is 20.9 Å². The second-order valence-corrected chi connectivity index (χ2v) is 5.72. The molecule has 0 saturated heterocycles. The molecule has 0 bridgehead atoms. The summed E-state index contributed by atoms with van der Waals surface area (Å²) >= 11 is 6.53. The molecule has 0 N–H and O–H groups in total. The van der Waals surface area contributed by atoms with Gasteiger partial charge in [0.25, 0.3) is 0 Å². The van der Waals surface area contributed by atoms with Gasteiger partial charge in [-0.3, -0.25) is 4.79 Å². The average Bonchev–Trinajstić information content (AvgIpc) is 2.27. The molecule has 0 aliphatic rings. The number of benzene rings is 2. The highest BCUT2D eigenvalue weighted by Gasteiger charge is 2.09. The van der Waals surface area contributed by atoms with Gasteiger partial charge in [0.05, 0.1) is 0 Å². The molecule has 0 saturated carbocycles. The van der Waals surface area contributed by atoms with Crippen LogP contribution in [0.1, 0.15) is 15.9 Å². The summed E-state index contributed by atoms with van der Waals surface area (Å²) in [5, 5.41) is 0. The standard InChI is InChI=1S/C14H9Br2FO/c15-11-3-1-2-9(4-11)5-14(18)10-6-12(16)8-13(17)7-10/h1-4,6-8H,5H2. The largest absolute Gasteiger partial charge is 0.294 e. The van der Waals surface area contributed by atoms with Gasteiger partial charge in [-0.15, -0.1) is 0 Å². The molecule has 0 radical (unpaired) electrons. The second-order valence-electron chi connectivity index (χ2n) is 3.89. The van der Waals surface area contributed by atoms with E-state index in [9.17, 15) is 9.18 Å². The SMILES string of the molecule is O=C(Cc1cccc(Br)c1)c1cc(F)cc(Br)c1. The van der Waals surface area contributed by atoms with Crippen molar-refractivity contribution in [3.05, 3.63) is 68.4 Å². The first-order chi connectivity index (χ1) is 8.54. The lowest BCUT2D eigenvalue weighted by Crippen LogP contribution is -2.04. The van der Waals surface area contributed by atoms with Gasteiger partial charge in [-0.05, 0) is 35.9 Å². The van der Waals surface area contributed by atoms with Gasteiger partial charge in [-0.1, -0.05) is 44.0 Å². The zero-order chi connectivity index (χ0) is 13.1. The summed E-state index contributed by atoms with van der Waals surface area (Å²) < 4.78 is 14.7. The summed E-state index contributed by atoms with van der Waals surface area (Å²) in [7, 11) is 0. The highest BCUT2D eigenvalue weighted by molar-refractivity contribution is 9.10. The Balaban J connectivity index is 2.22. The fraction of sp³-hybridized carbons (Fsp3) is 0.0714. The number of ketones is 1. The monoisotopic (exact) mass is 370 g/mol. The van der Waals surface area contributed by atoms with E-state index in [1.54, 1.807) is 6.07 Å². The smallest absolute Gasteiger partial charge is 0.167 e. The van der Waals surface area contributed by atoms with Crippen molar-refractivity contribution in [1.82, 2.24) is 0 Å². The normalized spacial score (nSPS) is 10.4. The second kappa shape index (κ2) is 5.76. The van der Waals surface area contributed by atoms with Crippen molar-refractivity contribution in [1.29, 1.82) is 0 Å². The molecule has 2 aromatic carbocycles. The van der Waals surface area contributed by atoms with Crippen LogP contribution in [0, 0.1) is 5.82 Å². The molecule has 2 rings (SSSR count). The molecule has 0 spiro atoms. The number of carbonyl (C=O) groups is 1. The van der Waals surface area contributed by atoms with Crippen LogP contribution in [0.5, 0.6) is 0 Å². The van der Waals surface area contributed by atoms with Crippen LogP contribution < -0.4 is 0 Å². The fourth-order valence-corrected chi connectivity index (χ4v) is 2.56. The van der Waals surface area contributed by atoms with E-state index in [0.29, 0.717) is 10.0 Å². The van der Waals surface area contributed by atoms with Gasteiger partial charge in [-0.25, -0.2) is 4.39 Å². The molecule has 1 nitrogen and oxygen atoms in total. The third-order valence-corrected chi connectivity index (χ3v) is 3.39. The molecule has 0 fully saturated rings. The van der Waals surface area contributed by atoms with Crippen LogP contribution in [0.4, 0.5) is 4.39 Å². The van der Waals surface area contributed by atoms with Crippen molar-refractivity contribution in [2.45, 2.75) is 6.42 Å². The third kappa shape index (κ3) is 3.50. The van der Waals surface area contributed by atoms with Crippen LogP contribution >= 0.6 is 31.9 Å².